The highest BCUT2D eigenvalue weighted by Crippen LogP contribution is 2.30. The van der Waals surface area contributed by atoms with E-state index in [2.05, 4.69) is 16.7 Å². The fourth-order valence-corrected chi connectivity index (χ4v) is 2.62. The molecule has 8 heteroatoms. The van der Waals surface area contributed by atoms with E-state index in [0.29, 0.717) is 49.3 Å². The van der Waals surface area contributed by atoms with Crippen LogP contribution in [0.25, 0.3) is 0 Å². The Labute approximate surface area is 145 Å². The molecular formula is C17H19N3O5. The van der Waals surface area contributed by atoms with Gasteiger partial charge in [-0.1, -0.05) is 17.8 Å². The highest BCUT2D eigenvalue weighted by Gasteiger charge is 2.32. The van der Waals surface area contributed by atoms with Gasteiger partial charge in [-0.3, -0.25) is 4.79 Å². The molecule has 1 aromatic heterocycles. The van der Waals surface area contributed by atoms with Crippen molar-refractivity contribution in [2.75, 3.05) is 33.5 Å². The molecule has 0 spiro atoms. The lowest BCUT2D eigenvalue weighted by atomic mass is 10.1. The quantitative estimate of drug-likeness (QED) is 0.739. The molecule has 2 aromatic rings. The smallest absolute Gasteiger partial charge is 0.254 e. The molecule has 0 unspecified atom stereocenters. The molecule has 1 aliphatic rings. The molecule has 1 saturated heterocycles. The summed E-state index contributed by atoms with van der Waals surface area (Å²) >= 11 is 0. The summed E-state index contributed by atoms with van der Waals surface area (Å²) in [5.41, 5.74) is 0.484. The molecule has 25 heavy (non-hydrogen) atoms. The number of aromatic nitrogens is 2. The molecule has 0 bridgehead atoms. The van der Waals surface area contributed by atoms with E-state index in [-0.39, 0.29) is 11.9 Å². The monoisotopic (exact) mass is 345 g/mol. The zero-order valence-electron chi connectivity index (χ0n) is 13.9. The summed E-state index contributed by atoms with van der Waals surface area (Å²) in [4.78, 5) is 18.7. The zero-order valence-corrected chi connectivity index (χ0v) is 13.9. The molecule has 0 radical (unpaired) electrons. The SMILES string of the molecule is C=CCOc1ccc(C(=O)N2CCOC[C@H]2c2ncon2)cc1OC. The van der Waals surface area contributed by atoms with Crippen molar-refractivity contribution in [2.24, 2.45) is 0 Å². The summed E-state index contributed by atoms with van der Waals surface area (Å²) in [6, 6.07) is 4.68. The first-order chi connectivity index (χ1) is 12.2. The minimum absolute atomic E-state index is 0.160. The van der Waals surface area contributed by atoms with E-state index in [1.807, 2.05) is 0 Å². The highest BCUT2D eigenvalue weighted by atomic mass is 16.5. The molecular weight excluding hydrogens is 326 g/mol. The Hall–Kier alpha value is -2.87. The molecule has 2 heterocycles. The number of methoxy groups -OCH3 is 1. The number of hydrogen-bond acceptors (Lipinski definition) is 7. The van der Waals surface area contributed by atoms with Crippen molar-refractivity contribution in [3.8, 4) is 11.5 Å². The average Bonchev–Trinajstić information content (AvgIpc) is 3.20. The molecule has 1 atom stereocenters. The minimum atomic E-state index is -0.386. The van der Waals surface area contributed by atoms with Crippen LogP contribution >= 0.6 is 0 Å². The van der Waals surface area contributed by atoms with E-state index in [0.717, 1.165) is 0 Å². The Morgan fingerprint density at radius 1 is 1.48 bits per heavy atom. The highest BCUT2D eigenvalue weighted by molar-refractivity contribution is 5.95. The van der Waals surface area contributed by atoms with Crippen LogP contribution in [0.1, 0.15) is 22.2 Å². The van der Waals surface area contributed by atoms with Crippen LogP contribution in [0.5, 0.6) is 11.5 Å². The van der Waals surface area contributed by atoms with Crippen LogP contribution < -0.4 is 9.47 Å². The summed E-state index contributed by atoms with van der Waals surface area (Å²) in [6.45, 7) is 5.19. The second kappa shape index (κ2) is 7.80. The van der Waals surface area contributed by atoms with Crippen LogP contribution in [0.15, 0.2) is 41.8 Å². The van der Waals surface area contributed by atoms with E-state index in [1.165, 1.54) is 13.5 Å². The number of hydrogen-bond donors (Lipinski definition) is 0. The van der Waals surface area contributed by atoms with Gasteiger partial charge in [0, 0.05) is 12.1 Å². The Bertz CT molecular complexity index is 732. The fourth-order valence-electron chi connectivity index (χ4n) is 2.62. The Morgan fingerprint density at radius 2 is 2.36 bits per heavy atom. The maximum absolute atomic E-state index is 13.0. The fraction of sp³-hybridized carbons (Fsp3) is 0.353. The van der Waals surface area contributed by atoms with E-state index < -0.39 is 0 Å². The molecule has 0 N–H and O–H groups in total. The van der Waals surface area contributed by atoms with Crippen molar-refractivity contribution in [1.82, 2.24) is 15.0 Å². The number of amides is 1. The van der Waals surface area contributed by atoms with Gasteiger partial charge in [-0.15, -0.1) is 0 Å². The third kappa shape index (κ3) is 3.63. The minimum Gasteiger partial charge on any atom is -0.493 e. The lowest BCUT2D eigenvalue weighted by molar-refractivity contribution is -0.00578. The van der Waals surface area contributed by atoms with Gasteiger partial charge in [0.1, 0.15) is 12.6 Å². The second-order valence-corrected chi connectivity index (χ2v) is 5.34. The predicted molar refractivity (Wildman–Crippen MR) is 87.6 cm³/mol. The van der Waals surface area contributed by atoms with Crippen LogP contribution in [-0.2, 0) is 4.74 Å². The van der Waals surface area contributed by atoms with Gasteiger partial charge in [0.2, 0.25) is 6.39 Å². The number of carbonyl (C=O) groups is 1. The maximum Gasteiger partial charge on any atom is 0.254 e. The van der Waals surface area contributed by atoms with E-state index in [1.54, 1.807) is 29.2 Å². The first-order valence-corrected chi connectivity index (χ1v) is 7.81. The Kier molecular flexibility index (Phi) is 5.30. The van der Waals surface area contributed by atoms with Crippen LogP contribution in [0, 0.1) is 0 Å². The molecule has 1 aliphatic heterocycles. The number of nitrogens with zero attached hydrogens (tertiary/aromatic N) is 3. The number of ether oxygens (including phenoxy) is 3. The first-order valence-electron chi connectivity index (χ1n) is 7.81. The number of carbonyl (C=O) groups excluding carboxylic acids is 1. The third-order valence-electron chi connectivity index (χ3n) is 3.83. The number of rotatable bonds is 6. The molecule has 1 amide bonds. The molecule has 3 rings (SSSR count). The van der Waals surface area contributed by atoms with Crippen molar-refractivity contribution >= 4 is 5.91 Å². The zero-order chi connectivity index (χ0) is 17.6. The van der Waals surface area contributed by atoms with Gasteiger partial charge in [-0.25, -0.2) is 0 Å². The summed E-state index contributed by atoms with van der Waals surface area (Å²) < 4.78 is 21.1. The van der Waals surface area contributed by atoms with Gasteiger partial charge in [0.05, 0.1) is 20.3 Å². The lowest BCUT2D eigenvalue weighted by Crippen LogP contribution is -2.43. The van der Waals surface area contributed by atoms with Crippen molar-refractivity contribution in [3.05, 3.63) is 48.6 Å². The van der Waals surface area contributed by atoms with Gasteiger partial charge in [-0.2, -0.15) is 4.98 Å². The average molecular weight is 345 g/mol. The second-order valence-electron chi connectivity index (χ2n) is 5.34. The van der Waals surface area contributed by atoms with Gasteiger partial charge < -0.3 is 23.6 Å². The van der Waals surface area contributed by atoms with E-state index in [4.69, 9.17) is 18.7 Å². The topological polar surface area (TPSA) is 86.9 Å². The van der Waals surface area contributed by atoms with Gasteiger partial charge in [0.25, 0.3) is 5.91 Å². The molecule has 1 aromatic carbocycles. The third-order valence-corrected chi connectivity index (χ3v) is 3.83. The van der Waals surface area contributed by atoms with Crippen LogP contribution in [-0.4, -0.2) is 54.4 Å². The largest absolute Gasteiger partial charge is 0.493 e. The molecule has 1 fully saturated rings. The number of benzene rings is 1. The molecule has 0 saturated carbocycles. The van der Waals surface area contributed by atoms with Crippen LogP contribution in [0.3, 0.4) is 0 Å². The Morgan fingerprint density at radius 3 is 3.08 bits per heavy atom. The van der Waals surface area contributed by atoms with Crippen molar-refractivity contribution < 1.29 is 23.5 Å². The van der Waals surface area contributed by atoms with Crippen molar-refractivity contribution in [3.63, 3.8) is 0 Å². The predicted octanol–water partition coefficient (Wildman–Crippen LogP) is 1.86. The Balaban J connectivity index is 1.84. The summed E-state index contributed by atoms with van der Waals surface area (Å²) in [5.74, 6) is 1.30. The summed E-state index contributed by atoms with van der Waals surface area (Å²) in [5, 5.41) is 3.83. The van der Waals surface area contributed by atoms with Crippen LogP contribution in [0.2, 0.25) is 0 Å². The standard InChI is InChI=1S/C17H19N3O5/c1-3-7-24-14-5-4-12(9-15(14)22-2)17(21)20-6-8-23-10-13(20)16-18-11-25-19-16/h3-5,9,11,13H,1,6-8,10H2,2H3/t13-/m0/s1. The van der Waals surface area contributed by atoms with Gasteiger partial charge >= 0.3 is 0 Å². The van der Waals surface area contributed by atoms with Crippen LogP contribution in [0.4, 0.5) is 0 Å². The molecule has 0 aliphatic carbocycles. The van der Waals surface area contributed by atoms with Gasteiger partial charge in [0.15, 0.2) is 17.3 Å². The van der Waals surface area contributed by atoms with Gasteiger partial charge in [-0.05, 0) is 18.2 Å². The van der Waals surface area contributed by atoms with E-state index in [9.17, 15) is 4.79 Å². The normalized spacial score (nSPS) is 17.2. The summed E-state index contributed by atoms with van der Waals surface area (Å²) in [6.07, 6.45) is 2.88. The lowest BCUT2D eigenvalue weighted by Gasteiger charge is -2.33. The van der Waals surface area contributed by atoms with Crippen molar-refractivity contribution in [1.29, 1.82) is 0 Å². The number of morpholine rings is 1. The molecule has 132 valence electrons. The van der Waals surface area contributed by atoms with Crippen molar-refractivity contribution in [2.45, 2.75) is 6.04 Å². The first kappa shape index (κ1) is 17.0. The summed E-state index contributed by atoms with van der Waals surface area (Å²) in [7, 11) is 1.53. The van der Waals surface area contributed by atoms with E-state index >= 15 is 0 Å². The maximum atomic E-state index is 13.0. The molecule has 8 nitrogen and oxygen atoms in total.